The molecule has 0 spiro atoms. The molecular formula is C17H18FN3O2. The third kappa shape index (κ3) is 4.26. The molecule has 1 saturated heterocycles. The summed E-state index contributed by atoms with van der Waals surface area (Å²) in [4.78, 5) is 16.3. The van der Waals surface area contributed by atoms with Crippen molar-refractivity contribution in [3.8, 4) is 11.6 Å². The van der Waals surface area contributed by atoms with Crippen LogP contribution < -0.4 is 15.4 Å². The van der Waals surface area contributed by atoms with E-state index < -0.39 is 0 Å². The summed E-state index contributed by atoms with van der Waals surface area (Å²) in [6.45, 7) is 1.69. The predicted molar refractivity (Wildman–Crippen MR) is 84.9 cm³/mol. The van der Waals surface area contributed by atoms with Crippen LogP contribution >= 0.6 is 0 Å². The Balaban J connectivity index is 1.58. The zero-order chi connectivity index (χ0) is 16.1. The molecule has 3 rings (SSSR count). The molecule has 1 aliphatic heterocycles. The van der Waals surface area contributed by atoms with E-state index in [2.05, 4.69) is 15.6 Å². The number of amides is 1. The molecule has 0 saturated carbocycles. The molecule has 2 aromatic rings. The van der Waals surface area contributed by atoms with Gasteiger partial charge >= 0.3 is 0 Å². The quantitative estimate of drug-likeness (QED) is 0.910. The minimum Gasteiger partial charge on any atom is -0.439 e. The van der Waals surface area contributed by atoms with Crippen LogP contribution in [0.15, 0.2) is 42.6 Å². The fraction of sp³-hybridized carbons (Fsp3) is 0.294. The number of aromatic nitrogens is 1. The third-order valence-corrected chi connectivity index (χ3v) is 3.71. The standard InChI is InChI=1S/C17H18FN3O2/c18-13-3-6-15(7-4-13)23-16-8-5-14(11-20-16)21-17(22)12-2-1-9-19-10-12/h3-8,11-12,19H,1-2,9-10H2,(H,21,22). The topological polar surface area (TPSA) is 63.2 Å². The normalized spacial score (nSPS) is 17.5. The summed E-state index contributed by atoms with van der Waals surface area (Å²) < 4.78 is 18.3. The number of piperidine rings is 1. The summed E-state index contributed by atoms with van der Waals surface area (Å²) in [5.74, 6) is 0.573. The van der Waals surface area contributed by atoms with E-state index in [4.69, 9.17) is 4.74 Å². The number of nitrogens with one attached hydrogen (secondary N) is 2. The lowest BCUT2D eigenvalue weighted by molar-refractivity contribution is -0.120. The van der Waals surface area contributed by atoms with Crippen molar-refractivity contribution in [1.29, 1.82) is 0 Å². The molecule has 120 valence electrons. The van der Waals surface area contributed by atoms with Crippen molar-refractivity contribution in [2.75, 3.05) is 18.4 Å². The van der Waals surface area contributed by atoms with Gasteiger partial charge in [0.2, 0.25) is 11.8 Å². The van der Waals surface area contributed by atoms with Crippen LogP contribution in [0.2, 0.25) is 0 Å². The number of halogens is 1. The highest BCUT2D eigenvalue weighted by atomic mass is 19.1. The minimum atomic E-state index is -0.319. The maximum absolute atomic E-state index is 12.8. The number of carbonyl (C=O) groups excluding carboxylic acids is 1. The summed E-state index contributed by atoms with van der Waals surface area (Å²) in [7, 11) is 0. The summed E-state index contributed by atoms with van der Waals surface area (Å²) >= 11 is 0. The molecule has 2 heterocycles. The fourth-order valence-electron chi connectivity index (χ4n) is 2.46. The Morgan fingerprint density at radius 1 is 1.26 bits per heavy atom. The second kappa shape index (κ2) is 7.19. The number of carbonyl (C=O) groups is 1. The largest absolute Gasteiger partial charge is 0.439 e. The Morgan fingerprint density at radius 3 is 2.74 bits per heavy atom. The van der Waals surface area contributed by atoms with Gasteiger partial charge in [-0.1, -0.05) is 0 Å². The molecule has 2 N–H and O–H groups in total. The molecule has 1 atom stereocenters. The van der Waals surface area contributed by atoms with Gasteiger partial charge in [-0.3, -0.25) is 4.79 Å². The Hall–Kier alpha value is -2.47. The van der Waals surface area contributed by atoms with Gasteiger partial charge < -0.3 is 15.4 Å². The number of ether oxygens (including phenoxy) is 1. The van der Waals surface area contributed by atoms with Crippen molar-refractivity contribution in [3.63, 3.8) is 0 Å². The van der Waals surface area contributed by atoms with E-state index >= 15 is 0 Å². The monoisotopic (exact) mass is 315 g/mol. The first-order valence-corrected chi connectivity index (χ1v) is 7.62. The first kappa shape index (κ1) is 15.4. The second-order valence-corrected chi connectivity index (χ2v) is 5.47. The zero-order valence-corrected chi connectivity index (χ0v) is 12.6. The summed E-state index contributed by atoms with van der Waals surface area (Å²) in [5, 5.41) is 6.08. The summed E-state index contributed by atoms with van der Waals surface area (Å²) in [6, 6.07) is 9.11. The van der Waals surface area contributed by atoms with E-state index in [1.165, 1.54) is 24.3 Å². The molecule has 0 radical (unpaired) electrons. The van der Waals surface area contributed by atoms with Crippen molar-refractivity contribution < 1.29 is 13.9 Å². The van der Waals surface area contributed by atoms with Crippen molar-refractivity contribution in [3.05, 3.63) is 48.4 Å². The molecular weight excluding hydrogens is 297 g/mol. The molecule has 1 aromatic heterocycles. The van der Waals surface area contributed by atoms with Crippen molar-refractivity contribution in [1.82, 2.24) is 10.3 Å². The van der Waals surface area contributed by atoms with Crippen LogP contribution in [0.25, 0.3) is 0 Å². The molecule has 0 bridgehead atoms. The van der Waals surface area contributed by atoms with Crippen molar-refractivity contribution >= 4 is 11.6 Å². The summed E-state index contributed by atoms with van der Waals surface area (Å²) in [5.41, 5.74) is 0.632. The smallest absolute Gasteiger partial charge is 0.228 e. The lowest BCUT2D eigenvalue weighted by Gasteiger charge is -2.21. The van der Waals surface area contributed by atoms with Crippen molar-refractivity contribution in [2.24, 2.45) is 5.92 Å². The number of hydrogen-bond acceptors (Lipinski definition) is 4. The highest BCUT2D eigenvalue weighted by molar-refractivity contribution is 5.92. The summed E-state index contributed by atoms with van der Waals surface area (Å²) in [6.07, 6.45) is 3.46. The number of anilines is 1. The zero-order valence-electron chi connectivity index (χ0n) is 12.6. The SMILES string of the molecule is O=C(Nc1ccc(Oc2ccc(F)cc2)nc1)C1CCCNC1. The van der Waals surface area contributed by atoms with Gasteiger partial charge in [-0.2, -0.15) is 0 Å². The van der Waals surface area contributed by atoms with Gasteiger partial charge in [0.05, 0.1) is 17.8 Å². The highest BCUT2D eigenvalue weighted by Gasteiger charge is 2.20. The molecule has 1 unspecified atom stereocenters. The van der Waals surface area contributed by atoms with Crippen molar-refractivity contribution in [2.45, 2.75) is 12.8 Å². The lowest BCUT2D eigenvalue weighted by atomic mass is 9.99. The lowest BCUT2D eigenvalue weighted by Crippen LogP contribution is -2.37. The van der Waals surface area contributed by atoms with E-state index in [0.717, 1.165) is 19.4 Å². The van der Waals surface area contributed by atoms with Crippen LogP contribution in [-0.4, -0.2) is 24.0 Å². The Bertz CT molecular complexity index is 653. The number of rotatable bonds is 4. The van der Waals surface area contributed by atoms with Gasteiger partial charge in [0.25, 0.3) is 0 Å². The minimum absolute atomic E-state index is 0.00103. The van der Waals surface area contributed by atoms with Gasteiger partial charge in [-0.15, -0.1) is 0 Å². The Labute approximate surface area is 133 Å². The van der Waals surface area contributed by atoms with E-state index in [9.17, 15) is 9.18 Å². The van der Waals surface area contributed by atoms with Crippen LogP contribution in [0.5, 0.6) is 11.6 Å². The highest BCUT2D eigenvalue weighted by Crippen LogP contribution is 2.21. The molecule has 1 aromatic carbocycles. The van der Waals surface area contributed by atoms with Crippen LogP contribution in [0, 0.1) is 11.7 Å². The Morgan fingerprint density at radius 2 is 2.09 bits per heavy atom. The maximum Gasteiger partial charge on any atom is 0.228 e. The number of pyridine rings is 1. The third-order valence-electron chi connectivity index (χ3n) is 3.71. The molecule has 5 nitrogen and oxygen atoms in total. The molecule has 0 aliphatic carbocycles. The average Bonchev–Trinajstić information content (AvgIpc) is 2.59. The molecule has 1 fully saturated rings. The first-order valence-electron chi connectivity index (χ1n) is 7.62. The van der Waals surface area contributed by atoms with Crippen LogP contribution in [-0.2, 0) is 4.79 Å². The van der Waals surface area contributed by atoms with Gasteiger partial charge in [0.15, 0.2) is 0 Å². The van der Waals surface area contributed by atoms with Gasteiger partial charge in [-0.05, 0) is 49.7 Å². The van der Waals surface area contributed by atoms with Crippen LogP contribution in [0.3, 0.4) is 0 Å². The van der Waals surface area contributed by atoms with Gasteiger partial charge in [0.1, 0.15) is 11.6 Å². The van der Waals surface area contributed by atoms with E-state index in [1.807, 2.05) is 0 Å². The van der Waals surface area contributed by atoms with Gasteiger partial charge in [-0.25, -0.2) is 9.37 Å². The van der Waals surface area contributed by atoms with E-state index in [0.29, 0.717) is 23.9 Å². The fourth-order valence-corrected chi connectivity index (χ4v) is 2.46. The molecule has 23 heavy (non-hydrogen) atoms. The van der Waals surface area contributed by atoms with E-state index in [1.54, 1.807) is 18.3 Å². The Kier molecular flexibility index (Phi) is 4.83. The molecule has 1 amide bonds. The number of nitrogens with zero attached hydrogens (tertiary/aromatic N) is 1. The average molecular weight is 315 g/mol. The first-order chi connectivity index (χ1) is 11.2. The number of benzene rings is 1. The second-order valence-electron chi connectivity index (χ2n) is 5.47. The number of hydrogen-bond donors (Lipinski definition) is 2. The molecule has 1 aliphatic rings. The van der Waals surface area contributed by atoms with Crippen LogP contribution in [0.1, 0.15) is 12.8 Å². The van der Waals surface area contributed by atoms with E-state index in [-0.39, 0.29) is 17.6 Å². The van der Waals surface area contributed by atoms with Crippen LogP contribution in [0.4, 0.5) is 10.1 Å². The predicted octanol–water partition coefficient (Wildman–Crippen LogP) is 2.95. The maximum atomic E-state index is 12.8. The van der Waals surface area contributed by atoms with Gasteiger partial charge in [0, 0.05) is 12.6 Å². The molecule has 6 heteroatoms.